The molecule has 2 rings (SSSR count). The first kappa shape index (κ1) is 21.3. The van der Waals surface area contributed by atoms with Gasteiger partial charge in [-0.3, -0.25) is 14.4 Å². The first-order valence-corrected chi connectivity index (χ1v) is 10.0. The van der Waals surface area contributed by atoms with Gasteiger partial charge < -0.3 is 15.6 Å². The number of rotatable bonds is 8. The molecule has 0 fully saturated rings. The van der Waals surface area contributed by atoms with Gasteiger partial charge in [0.2, 0.25) is 15.9 Å². The maximum Gasteiger partial charge on any atom is 0.251 e. The Morgan fingerprint density at radius 3 is 2.36 bits per heavy atom. The number of nitrogens with zero attached hydrogens (tertiary/aromatic N) is 2. The van der Waals surface area contributed by atoms with Crippen molar-refractivity contribution in [2.24, 2.45) is 5.73 Å². The molecule has 0 aliphatic rings. The number of anilines is 1. The number of carbonyl (C=O) groups is 2. The van der Waals surface area contributed by atoms with Crippen LogP contribution in [0.1, 0.15) is 24.2 Å². The van der Waals surface area contributed by atoms with Gasteiger partial charge in [-0.05, 0) is 18.2 Å². The van der Waals surface area contributed by atoms with Crippen LogP contribution in [0.2, 0.25) is 0 Å². The van der Waals surface area contributed by atoms with Crippen molar-refractivity contribution in [1.29, 1.82) is 0 Å². The SMILES string of the molecule is CCN(CC)S(=O)(=O)c1ccc(=O)n(CC(=O)Nc2ccccc2C(N)=O)c1. The van der Waals surface area contributed by atoms with Crippen LogP contribution >= 0.6 is 0 Å². The Morgan fingerprint density at radius 1 is 1.11 bits per heavy atom. The molecule has 0 saturated carbocycles. The molecule has 150 valence electrons. The summed E-state index contributed by atoms with van der Waals surface area (Å²) in [5.41, 5.74) is 5.08. The fraction of sp³-hybridized carbons (Fsp3) is 0.278. The third-order valence-corrected chi connectivity index (χ3v) is 6.11. The average Bonchev–Trinajstić information content (AvgIpc) is 2.64. The number of hydrogen-bond donors (Lipinski definition) is 2. The predicted octanol–water partition coefficient (Wildman–Crippen LogP) is 0.616. The zero-order chi connectivity index (χ0) is 20.9. The first-order chi connectivity index (χ1) is 13.2. The Hall–Kier alpha value is -2.98. The van der Waals surface area contributed by atoms with Gasteiger partial charge in [-0.25, -0.2) is 8.42 Å². The lowest BCUT2D eigenvalue weighted by Gasteiger charge is -2.19. The Morgan fingerprint density at radius 2 is 1.75 bits per heavy atom. The molecule has 0 spiro atoms. The van der Waals surface area contributed by atoms with Gasteiger partial charge in [-0.1, -0.05) is 26.0 Å². The van der Waals surface area contributed by atoms with Crippen molar-refractivity contribution in [3.05, 3.63) is 58.5 Å². The molecular formula is C18H22N4O5S. The highest BCUT2D eigenvalue weighted by Crippen LogP contribution is 2.15. The zero-order valence-corrected chi connectivity index (χ0v) is 16.4. The van der Waals surface area contributed by atoms with Gasteiger partial charge in [0.25, 0.3) is 11.5 Å². The summed E-state index contributed by atoms with van der Waals surface area (Å²) in [4.78, 5) is 35.8. The van der Waals surface area contributed by atoms with Crippen LogP contribution in [-0.2, 0) is 21.4 Å². The van der Waals surface area contributed by atoms with Crippen molar-refractivity contribution in [2.45, 2.75) is 25.3 Å². The summed E-state index contributed by atoms with van der Waals surface area (Å²) in [6, 6.07) is 8.49. The molecule has 2 aromatic rings. The van der Waals surface area contributed by atoms with Gasteiger partial charge in [0, 0.05) is 25.4 Å². The molecular weight excluding hydrogens is 384 g/mol. The maximum absolute atomic E-state index is 12.6. The van der Waals surface area contributed by atoms with Crippen LogP contribution in [0.5, 0.6) is 0 Å². The normalized spacial score (nSPS) is 11.4. The number of nitrogens with two attached hydrogens (primary N) is 1. The summed E-state index contributed by atoms with van der Waals surface area (Å²) in [6.07, 6.45) is 1.13. The molecule has 0 saturated heterocycles. The van der Waals surface area contributed by atoms with Crippen LogP contribution in [0, 0.1) is 0 Å². The number of aromatic nitrogens is 1. The number of amides is 2. The number of hydrogen-bond acceptors (Lipinski definition) is 5. The van der Waals surface area contributed by atoms with Gasteiger partial charge in [0.1, 0.15) is 6.54 Å². The van der Waals surface area contributed by atoms with E-state index in [1.165, 1.54) is 22.5 Å². The Bertz CT molecular complexity index is 1040. The van der Waals surface area contributed by atoms with E-state index in [0.29, 0.717) is 0 Å². The summed E-state index contributed by atoms with van der Waals surface area (Å²) in [6.45, 7) is 3.56. The molecule has 0 aliphatic carbocycles. The minimum absolute atomic E-state index is 0.0823. The maximum atomic E-state index is 12.6. The summed E-state index contributed by atoms with van der Waals surface area (Å²) in [5, 5.41) is 2.51. The predicted molar refractivity (Wildman–Crippen MR) is 104 cm³/mol. The van der Waals surface area contributed by atoms with Crippen LogP contribution < -0.4 is 16.6 Å². The summed E-state index contributed by atoms with van der Waals surface area (Å²) in [5.74, 6) is -1.31. The third-order valence-electron chi connectivity index (χ3n) is 4.08. The average molecular weight is 406 g/mol. The fourth-order valence-electron chi connectivity index (χ4n) is 2.65. The topological polar surface area (TPSA) is 132 Å². The standard InChI is InChI=1S/C18H22N4O5S/c1-3-22(4-2)28(26,27)13-9-10-17(24)21(11-13)12-16(23)20-15-8-6-5-7-14(15)18(19)25/h5-11H,3-4,12H2,1-2H3,(H2,19,25)(H,20,23). The minimum atomic E-state index is -3.77. The van der Waals surface area contributed by atoms with Crippen molar-refractivity contribution >= 4 is 27.5 Å². The number of sulfonamides is 1. The van der Waals surface area contributed by atoms with E-state index in [2.05, 4.69) is 5.32 Å². The number of para-hydroxylation sites is 1. The van der Waals surface area contributed by atoms with Gasteiger partial charge >= 0.3 is 0 Å². The number of benzene rings is 1. The number of nitrogens with one attached hydrogen (secondary N) is 1. The molecule has 0 aliphatic heterocycles. The molecule has 0 unspecified atom stereocenters. The van der Waals surface area contributed by atoms with Crippen molar-refractivity contribution in [3.8, 4) is 0 Å². The Balaban J connectivity index is 2.29. The minimum Gasteiger partial charge on any atom is -0.366 e. The van der Waals surface area contributed by atoms with E-state index in [1.54, 1.807) is 26.0 Å². The zero-order valence-electron chi connectivity index (χ0n) is 15.6. The lowest BCUT2D eigenvalue weighted by molar-refractivity contribution is -0.116. The van der Waals surface area contributed by atoms with E-state index in [-0.39, 0.29) is 29.2 Å². The van der Waals surface area contributed by atoms with Crippen LogP contribution in [0.25, 0.3) is 0 Å². The Labute approximate surface area is 162 Å². The van der Waals surface area contributed by atoms with Crippen LogP contribution in [0.15, 0.2) is 52.3 Å². The number of pyridine rings is 1. The second kappa shape index (κ2) is 8.81. The van der Waals surface area contributed by atoms with Gasteiger partial charge in [-0.15, -0.1) is 0 Å². The highest BCUT2D eigenvalue weighted by atomic mass is 32.2. The largest absolute Gasteiger partial charge is 0.366 e. The second-order valence-corrected chi connectivity index (χ2v) is 7.82. The summed E-state index contributed by atoms with van der Waals surface area (Å²) < 4.78 is 27.5. The summed E-state index contributed by atoms with van der Waals surface area (Å²) >= 11 is 0. The smallest absolute Gasteiger partial charge is 0.251 e. The highest BCUT2D eigenvalue weighted by Gasteiger charge is 2.22. The molecule has 0 bridgehead atoms. The van der Waals surface area contributed by atoms with Gasteiger partial charge in [0.15, 0.2) is 0 Å². The molecule has 9 nitrogen and oxygen atoms in total. The molecule has 0 radical (unpaired) electrons. The molecule has 28 heavy (non-hydrogen) atoms. The first-order valence-electron chi connectivity index (χ1n) is 8.60. The van der Waals surface area contributed by atoms with Crippen molar-refractivity contribution < 1.29 is 18.0 Å². The van der Waals surface area contributed by atoms with E-state index in [9.17, 15) is 22.8 Å². The van der Waals surface area contributed by atoms with Gasteiger partial charge in [0.05, 0.1) is 16.1 Å². The van der Waals surface area contributed by atoms with E-state index >= 15 is 0 Å². The van der Waals surface area contributed by atoms with Crippen molar-refractivity contribution in [3.63, 3.8) is 0 Å². The summed E-state index contributed by atoms with van der Waals surface area (Å²) in [7, 11) is -3.77. The Kier molecular flexibility index (Phi) is 6.71. The van der Waals surface area contributed by atoms with E-state index in [4.69, 9.17) is 5.73 Å². The lowest BCUT2D eigenvalue weighted by Crippen LogP contribution is -2.33. The van der Waals surface area contributed by atoms with E-state index in [0.717, 1.165) is 16.8 Å². The molecule has 1 aromatic heterocycles. The van der Waals surface area contributed by atoms with E-state index in [1.807, 2.05) is 0 Å². The van der Waals surface area contributed by atoms with Crippen molar-refractivity contribution in [1.82, 2.24) is 8.87 Å². The van der Waals surface area contributed by atoms with Gasteiger partial charge in [-0.2, -0.15) is 4.31 Å². The van der Waals surface area contributed by atoms with Crippen LogP contribution in [0.3, 0.4) is 0 Å². The fourth-order valence-corrected chi connectivity index (χ4v) is 4.13. The quantitative estimate of drug-likeness (QED) is 0.663. The molecule has 1 aromatic carbocycles. The van der Waals surface area contributed by atoms with Crippen molar-refractivity contribution in [2.75, 3.05) is 18.4 Å². The monoisotopic (exact) mass is 406 g/mol. The highest BCUT2D eigenvalue weighted by molar-refractivity contribution is 7.89. The van der Waals surface area contributed by atoms with E-state index < -0.39 is 33.9 Å². The number of carbonyl (C=O) groups excluding carboxylic acids is 2. The molecule has 0 atom stereocenters. The molecule has 2 amide bonds. The molecule has 3 N–H and O–H groups in total. The second-order valence-electron chi connectivity index (χ2n) is 5.88. The molecule has 10 heteroatoms. The number of primary amides is 1. The van der Waals surface area contributed by atoms with Crippen LogP contribution in [-0.4, -0.2) is 42.2 Å². The third kappa shape index (κ3) is 4.65. The van der Waals surface area contributed by atoms with Crippen LogP contribution in [0.4, 0.5) is 5.69 Å². The molecule has 1 heterocycles. The lowest BCUT2D eigenvalue weighted by atomic mass is 10.1.